The first-order valence-corrected chi connectivity index (χ1v) is 9.09. The number of likely N-dealkylation sites (tertiary alicyclic amines) is 1. The van der Waals surface area contributed by atoms with E-state index in [1.165, 1.54) is 18.8 Å². The summed E-state index contributed by atoms with van der Waals surface area (Å²) < 4.78 is 0. The van der Waals surface area contributed by atoms with Crippen LogP contribution in [-0.2, 0) is 0 Å². The van der Waals surface area contributed by atoms with Gasteiger partial charge in [-0.15, -0.1) is 0 Å². The van der Waals surface area contributed by atoms with Crippen molar-refractivity contribution >= 4 is 28.6 Å². The molecule has 1 aromatic heterocycles. The molecular weight excluding hydrogens is 324 g/mol. The van der Waals surface area contributed by atoms with Gasteiger partial charge in [0.25, 0.3) is 0 Å². The van der Waals surface area contributed by atoms with Crippen LogP contribution in [0.4, 0.5) is 5.95 Å². The number of hydrogen-bond donors (Lipinski definition) is 3. The van der Waals surface area contributed by atoms with Crippen LogP contribution in [0.15, 0.2) is 30.6 Å². The van der Waals surface area contributed by atoms with Crippen molar-refractivity contribution < 1.29 is 0 Å². The van der Waals surface area contributed by atoms with Crippen LogP contribution in [0.5, 0.6) is 0 Å². The topological polar surface area (TPSA) is 90.9 Å². The van der Waals surface area contributed by atoms with Gasteiger partial charge in [-0.1, -0.05) is 12.1 Å². The van der Waals surface area contributed by atoms with Gasteiger partial charge >= 0.3 is 0 Å². The molecule has 0 unspecified atom stereocenters. The average molecular weight is 352 g/mol. The van der Waals surface area contributed by atoms with E-state index >= 15 is 0 Å². The Morgan fingerprint density at radius 3 is 2.88 bits per heavy atom. The fourth-order valence-electron chi connectivity index (χ4n) is 3.36. The molecule has 0 radical (unpaired) electrons. The van der Waals surface area contributed by atoms with Crippen molar-refractivity contribution in [1.82, 2.24) is 14.9 Å². The van der Waals surface area contributed by atoms with Crippen molar-refractivity contribution in [3.05, 3.63) is 36.2 Å². The van der Waals surface area contributed by atoms with E-state index in [0.29, 0.717) is 17.4 Å². The molecule has 26 heavy (non-hydrogen) atoms. The lowest BCUT2D eigenvalue weighted by Crippen LogP contribution is -2.39. The maximum absolute atomic E-state index is 7.45. The minimum absolute atomic E-state index is 0.230. The summed E-state index contributed by atoms with van der Waals surface area (Å²) in [7, 11) is 0. The maximum Gasteiger partial charge on any atom is 0.223 e. The normalized spacial score (nSPS) is 19.0. The van der Waals surface area contributed by atoms with Crippen LogP contribution in [-0.4, -0.2) is 46.3 Å². The average Bonchev–Trinajstić information content (AvgIpc) is 3.10. The molecule has 1 fully saturated rings. The SMILES string of the molecule is CC(C)(C)N1CC[C@H](CNc2ncc3ccc(/C(C=N)=C/N)cc3n2)C1. The number of benzene rings is 1. The molecule has 1 aliphatic rings. The third kappa shape index (κ3) is 4.02. The molecule has 0 saturated carbocycles. The van der Waals surface area contributed by atoms with E-state index in [0.717, 1.165) is 36.1 Å². The molecule has 3 rings (SSSR count). The summed E-state index contributed by atoms with van der Waals surface area (Å²) in [5, 5.41) is 11.8. The van der Waals surface area contributed by atoms with Crippen LogP contribution >= 0.6 is 0 Å². The summed E-state index contributed by atoms with van der Waals surface area (Å²) in [5.74, 6) is 1.27. The van der Waals surface area contributed by atoms with Crippen molar-refractivity contribution in [1.29, 1.82) is 5.41 Å². The van der Waals surface area contributed by atoms with E-state index in [2.05, 4.69) is 41.0 Å². The Bertz CT molecular complexity index is 821. The number of aromatic nitrogens is 2. The van der Waals surface area contributed by atoms with E-state index in [-0.39, 0.29) is 5.54 Å². The van der Waals surface area contributed by atoms with Crippen LogP contribution in [0.3, 0.4) is 0 Å². The zero-order valence-electron chi connectivity index (χ0n) is 15.8. The number of fused-ring (bicyclic) bond motifs is 1. The van der Waals surface area contributed by atoms with Crippen molar-refractivity contribution in [3.8, 4) is 0 Å². The number of nitrogens with two attached hydrogens (primary N) is 1. The Morgan fingerprint density at radius 2 is 2.23 bits per heavy atom. The van der Waals surface area contributed by atoms with Crippen molar-refractivity contribution in [2.75, 3.05) is 25.0 Å². The molecular formula is C20H28N6. The minimum Gasteiger partial charge on any atom is -0.404 e. The lowest BCUT2D eigenvalue weighted by Gasteiger charge is -2.31. The molecule has 0 aliphatic carbocycles. The van der Waals surface area contributed by atoms with Crippen LogP contribution < -0.4 is 11.1 Å². The molecule has 1 saturated heterocycles. The highest BCUT2D eigenvalue weighted by Gasteiger charge is 2.29. The molecule has 4 N–H and O–H groups in total. The first kappa shape index (κ1) is 18.3. The second kappa shape index (κ2) is 7.41. The molecule has 2 heterocycles. The third-order valence-electron chi connectivity index (χ3n) is 5.03. The van der Waals surface area contributed by atoms with E-state index in [4.69, 9.17) is 11.1 Å². The van der Waals surface area contributed by atoms with Gasteiger partial charge in [-0.05, 0) is 51.3 Å². The molecule has 0 spiro atoms. The Hall–Kier alpha value is -2.47. The number of nitrogens with zero attached hydrogens (tertiary/aromatic N) is 3. The largest absolute Gasteiger partial charge is 0.404 e. The van der Waals surface area contributed by atoms with Crippen LogP contribution in [0.2, 0.25) is 0 Å². The maximum atomic E-state index is 7.45. The summed E-state index contributed by atoms with van der Waals surface area (Å²) in [5.41, 5.74) is 8.23. The van der Waals surface area contributed by atoms with Gasteiger partial charge < -0.3 is 16.5 Å². The predicted octanol–water partition coefficient (Wildman–Crippen LogP) is 3.11. The molecule has 6 heteroatoms. The zero-order chi connectivity index (χ0) is 18.7. The van der Waals surface area contributed by atoms with Gasteiger partial charge in [0.05, 0.1) is 5.52 Å². The van der Waals surface area contributed by atoms with Crippen LogP contribution in [0.1, 0.15) is 32.8 Å². The van der Waals surface area contributed by atoms with Gasteiger partial charge in [0.1, 0.15) is 0 Å². The Morgan fingerprint density at radius 1 is 1.42 bits per heavy atom. The number of allylic oxidation sites excluding steroid dienone is 1. The predicted molar refractivity (Wildman–Crippen MR) is 108 cm³/mol. The van der Waals surface area contributed by atoms with Gasteiger partial charge in [0, 0.05) is 48.2 Å². The number of rotatable bonds is 5. The first-order valence-electron chi connectivity index (χ1n) is 9.09. The Labute approximate surface area is 155 Å². The van der Waals surface area contributed by atoms with E-state index < -0.39 is 0 Å². The molecule has 2 aromatic rings. The zero-order valence-corrected chi connectivity index (χ0v) is 15.8. The van der Waals surface area contributed by atoms with Gasteiger partial charge in [0.15, 0.2) is 0 Å². The van der Waals surface area contributed by atoms with E-state index in [1.54, 1.807) is 0 Å². The second-order valence-corrected chi connectivity index (χ2v) is 7.89. The van der Waals surface area contributed by atoms with Crippen molar-refractivity contribution in [2.24, 2.45) is 11.7 Å². The highest BCUT2D eigenvalue weighted by molar-refractivity contribution is 6.09. The molecule has 6 nitrogen and oxygen atoms in total. The Kier molecular flexibility index (Phi) is 5.23. The van der Waals surface area contributed by atoms with Crippen molar-refractivity contribution in [2.45, 2.75) is 32.7 Å². The Balaban J connectivity index is 1.70. The highest BCUT2D eigenvalue weighted by atomic mass is 15.2. The monoisotopic (exact) mass is 352 g/mol. The van der Waals surface area contributed by atoms with Crippen LogP contribution in [0.25, 0.3) is 16.5 Å². The molecule has 138 valence electrons. The second-order valence-electron chi connectivity index (χ2n) is 7.89. The minimum atomic E-state index is 0.230. The lowest BCUT2D eigenvalue weighted by molar-refractivity contribution is 0.169. The summed E-state index contributed by atoms with van der Waals surface area (Å²) in [4.78, 5) is 11.6. The molecule has 1 aliphatic heterocycles. The summed E-state index contributed by atoms with van der Waals surface area (Å²) in [6.45, 7) is 9.95. The fourth-order valence-corrected chi connectivity index (χ4v) is 3.36. The fraction of sp³-hybridized carbons (Fsp3) is 0.450. The smallest absolute Gasteiger partial charge is 0.223 e. The van der Waals surface area contributed by atoms with E-state index in [9.17, 15) is 0 Å². The summed E-state index contributed by atoms with van der Waals surface area (Å²) >= 11 is 0. The summed E-state index contributed by atoms with van der Waals surface area (Å²) in [6.07, 6.45) is 5.73. The number of hydrogen-bond acceptors (Lipinski definition) is 6. The van der Waals surface area contributed by atoms with Crippen LogP contribution in [0, 0.1) is 11.3 Å². The summed E-state index contributed by atoms with van der Waals surface area (Å²) in [6, 6.07) is 5.84. The van der Waals surface area contributed by atoms with E-state index in [1.807, 2.05) is 24.4 Å². The molecule has 0 bridgehead atoms. The quantitative estimate of drug-likeness (QED) is 0.719. The van der Waals surface area contributed by atoms with Gasteiger partial charge in [-0.2, -0.15) is 0 Å². The number of anilines is 1. The highest BCUT2D eigenvalue weighted by Crippen LogP contribution is 2.25. The number of nitrogens with one attached hydrogen (secondary N) is 2. The standard InChI is InChI=1S/C20H28N6/c1-20(2,3)26-7-6-14(13-26)11-23-19-24-12-16-5-4-15(8-18(16)25-19)17(9-21)10-22/h4-5,8-10,12,14,21H,6-7,11,13,22H2,1-3H3,(H,23,24,25)/b17-10+,21-9?/t14-/m1/s1. The lowest BCUT2D eigenvalue weighted by atomic mass is 10.1. The van der Waals surface area contributed by atoms with Gasteiger partial charge in [0.2, 0.25) is 5.95 Å². The first-order chi connectivity index (χ1) is 12.4. The van der Waals surface area contributed by atoms with Gasteiger partial charge in [-0.25, -0.2) is 9.97 Å². The third-order valence-corrected chi connectivity index (χ3v) is 5.03. The van der Waals surface area contributed by atoms with Gasteiger partial charge in [-0.3, -0.25) is 4.90 Å². The van der Waals surface area contributed by atoms with Crippen molar-refractivity contribution in [3.63, 3.8) is 0 Å². The molecule has 1 atom stereocenters. The molecule has 1 aromatic carbocycles. The molecule has 0 amide bonds.